The molecule has 1 N–H and O–H groups in total. The highest BCUT2D eigenvalue weighted by molar-refractivity contribution is 7.11. The molecule has 3 fully saturated rings. The van der Waals surface area contributed by atoms with Crippen molar-refractivity contribution in [2.45, 2.75) is 57.5 Å². The van der Waals surface area contributed by atoms with Gasteiger partial charge in [-0.3, -0.25) is 9.69 Å². The van der Waals surface area contributed by atoms with Gasteiger partial charge in [0.1, 0.15) is 0 Å². The van der Waals surface area contributed by atoms with Crippen molar-refractivity contribution in [2.24, 2.45) is 5.92 Å². The Morgan fingerprint density at radius 3 is 2.60 bits per heavy atom. The Labute approximate surface area is 177 Å². The molecule has 0 aliphatic carbocycles. The van der Waals surface area contributed by atoms with Crippen molar-refractivity contribution in [2.75, 3.05) is 26.2 Å². The lowest BCUT2D eigenvalue weighted by molar-refractivity contribution is -0.192. The second-order valence-electron chi connectivity index (χ2n) is 8.01. The van der Waals surface area contributed by atoms with Crippen LogP contribution in [0.15, 0.2) is 12.1 Å². The minimum atomic E-state index is -5.08. The van der Waals surface area contributed by atoms with Gasteiger partial charge in [0.15, 0.2) is 0 Å². The predicted octanol–water partition coefficient (Wildman–Crippen LogP) is 3.29. The van der Waals surface area contributed by atoms with Crippen LogP contribution in [0.3, 0.4) is 0 Å². The highest BCUT2D eigenvalue weighted by atomic mass is 32.1. The average Bonchev–Trinajstić information content (AvgIpc) is 3.28. The number of halogens is 3. The first-order valence-corrected chi connectivity index (χ1v) is 11.0. The Kier molecular flexibility index (Phi) is 7.41. The van der Waals surface area contributed by atoms with Crippen LogP contribution >= 0.6 is 11.3 Å². The zero-order valence-electron chi connectivity index (χ0n) is 16.9. The number of aryl methyl sites for hydroxylation is 1. The first-order chi connectivity index (χ1) is 14.1. The Morgan fingerprint density at radius 1 is 1.30 bits per heavy atom. The summed E-state index contributed by atoms with van der Waals surface area (Å²) in [4.78, 5) is 28.7. The highest BCUT2D eigenvalue weighted by Crippen LogP contribution is 2.34. The highest BCUT2D eigenvalue weighted by Gasteiger charge is 2.44. The number of aliphatic carboxylic acids is 1. The van der Waals surface area contributed by atoms with Gasteiger partial charge < -0.3 is 14.7 Å². The summed E-state index contributed by atoms with van der Waals surface area (Å²) in [5, 5.41) is 7.12. The van der Waals surface area contributed by atoms with Crippen molar-refractivity contribution in [1.82, 2.24) is 9.80 Å². The standard InChI is InChI=1S/C18H26N2O2S.C2HF3O2/c1-13-6-7-15(23-13)11-19-10-14-4-3-9-22-18(14)16(12-19)20-8-2-5-17(20)21;3-2(4,5)1(6)7/h6-7,14,16,18H,2-5,8-12H2,1H3;(H,6,7)/t14-,16+,18-;/m0./s1. The number of amides is 1. The second-order valence-corrected chi connectivity index (χ2v) is 9.38. The van der Waals surface area contributed by atoms with E-state index in [-0.39, 0.29) is 12.1 Å². The quantitative estimate of drug-likeness (QED) is 0.769. The molecule has 3 aliphatic heterocycles. The van der Waals surface area contributed by atoms with Gasteiger partial charge in [-0.2, -0.15) is 13.2 Å². The molecule has 4 rings (SSSR count). The van der Waals surface area contributed by atoms with Gasteiger partial charge in [-0.15, -0.1) is 11.3 Å². The van der Waals surface area contributed by atoms with Crippen molar-refractivity contribution in [3.63, 3.8) is 0 Å². The molecule has 0 aromatic carbocycles. The monoisotopic (exact) mass is 448 g/mol. The molecule has 1 aromatic heterocycles. The third kappa shape index (κ3) is 5.73. The fourth-order valence-corrected chi connectivity index (χ4v) is 5.41. The topological polar surface area (TPSA) is 70.1 Å². The fraction of sp³-hybridized carbons (Fsp3) is 0.700. The van der Waals surface area contributed by atoms with Gasteiger partial charge in [0, 0.05) is 49.0 Å². The molecular weight excluding hydrogens is 421 g/mol. The normalized spacial score (nSPS) is 27.4. The van der Waals surface area contributed by atoms with Crippen LogP contribution in [0.1, 0.15) is 35.4 Å². The third-order valence-corrected chi connectivity index (χ3v) is 6.73. The van der Waals surface area contributed by atoms with E-state index >= 15 is 0 Å². The van der Waals surface area contributed by atoms with E-state index in [1.807, 2.05) is 11.3 Å². The first kappa shape index (κ1) is 23.0. The Hall–Kier alpha value is -1.65. The molecule has 1 aromatic rings. The molecule has 0 unspecified atom stereocenters. The number of thiophene rings is 1. The number of carbonyl (C=O) groups excluding carboxylic acids is 1. The number of hydrogen-bond acceptors (Lipinski definition) is 5. The van der Waals surface area contributed by atoms with Gasteiger partial charge in [-0.05, 0) is 44.2 Å². The van der Waals surface area contributed by atoms with E-state index < -0.39 is 12.1 Å². The molecule has 0 spiro atoms. The van der Waals surface area contributed by atoms with E-state index in [1.54, 1.807) is 0 Å². The number of carbonyl (C=O) groups is 2. The van der Waals surface area contributed by atoms with E-state index in [2.05, 4.69) is 28.9 Å². The number of hydrogen-bond donors (Lipinski definition) is 1. The lowest BCUT2D eigenvalue weighted by Crippen LogP contribution is -2.61. The summed E-state index contributed by atoms with van der Waals surface area (Å²) in [5.41, 5.74) is 0. The third-order valence-electron chi connectivity index (χ3n) is 5.74. The summed E-state index contributed by atoms with van der Waals surface area (Å²) < 4.78 is 37.9. The summed E-state index contributed by atoms with van der Waals surface area (Å²) in [6, 6.07) is 4.71. The summed E-state index contributed by atoms with van der Waals surface area (Å²) in [6.07, 6.45) is -0.696. The second kappa shape index (κ2) is 9.65. The van der Waals surface area contributed by atoms with Gasteiger partial charge >= 0.3 is 12.1 Å². The molecule has 6 nitrogen and oxygen atoms in total. The zero-order valence-corrected chi connectivity index (χ0v) is 17.7. The smallest absolute Gasteiger partial charge is 0.475 e. The number of fused-ring (bicyclic) bond motifs is 1. The molecule has 0 bridgehead atoms. The number of ether oxygens (including phenoxy) is 1. The van der Waals surface area contributed by atoms with E-state index in [4.69, 9.17) is 14.6 Å². The van der Waals surface area contributed by atoms with Gasteiger partial charge in [0.25, 0.3) is 0 Å². The fourth-order valence-electron chi connectivity index (χ4n) is 4.48. The van der Waals surface area contributed by atoms with Crippen molar-refractivity contribution in [3.05, 3.63) is 21.9 Å². The SMILES string of the molecule is Cc1ccc(CN2C[C@@H]3CCCO[C@@H]3[C@H](N3CCCC3=O)C2)s1.O=C(O)C(F)(F)F. The van der Waals surface area contributed by atoms with Crippen LogP contribution in [0.4, 0.5) is 13.2 Å². The lowest BCUT2D eigenvalue weighted by atomic mass is 9.84. The van der Waals surface area contributed by atoms with Crippen LogP contribution in [0.2, 0.25) is 0 Å². The Balaban J connectivity index is 0.000000318. The summed E-state index contributed by atoms with van der Waals surface area (Å²) in [6.45, 7) is 7.04. The maximum Gasteiger partial charge on any atom is 0.490 e. The number of piperidine rings is 1. The molecule has 168 valence electrons. The first-order valence-electron chi connectivity index (χ1n) is 10.1. The maximum atomic E-state index is 12.3. The number of rotatable bonds is 3. The average molecular weight is 449 g/mol. The molecule has 0 saturated carbocycles. The number of likely N-dealkylation sites (tertiary alicyclic amines) is 2. The van der Waals surface area contributed by atoms with Crippen LogP contribution in [0.25, 0.3) is 0 Å². The molecule has 3 atom stereocenters. The number of nitrogens with zero attached hydrogens (tertiary/aromatic N) is 2. The van der Waals surface area contributed by atoms with E-state index in [0.717, 1.165) is 52.0 Å². The van der Waals surface area contributed by atoms with Crippen LogP contribution in [0, 0.1) is 12.8 Å². The van der Waals surface area contributed by atoms with Gasteiger partial charge in [-0.1, -0.05) is 0 Å². The van der Waals surface area contributed by atoms with E-state index in [1.165, 1.54) is 16.2 Å². The number of alkyl halides is 3. The van der Waals surface area contributed by atoms with Crippen molar-refractivity contribution < 1.29 is 32.6 Å². The number of carboxylic acid groups (broad SMARTS) is 1. The minimum Gasteiger partial charge on any atom is -0.475 e. The van der Waals surface area contributed by atoms with Crippen molar-refractivity contribution in [3.8, 4) is 0 Å². The van der Waals surface area contributed by atoms with Crippen LogP contribution in [-0.4, -0.2) is 71.3 Å². The summed E-state index contributed by atoms with van der Waals surface area (Å²) in [5.74, 6) is -1.85. The molecule has 30 heavy (non-hydrogen) atoms. The Bertz CT molecular complexity index is 755. The molecule has 4 heterocycles. The minimum absolute atomic E-state index is 0.255. The molecule has 1 amide bonds. The molecule has 0 radical (unpaired) electrons. The largest absolute Gasteiger partial charge is 0.490 e. The van der Waals surface area contributed by atoms with E-state index in [0.29, 0.717) is 11.8 Å². The predicted molar refractivity (Wildman–Crippen MR) is 105 cm³/mol. The van der Waals surface area contributed by atoms with Gasteiger partial charge in [0.2, 0.25) is 5.91 Å². The van der Waals surface area contributed by atoms with Crippen LogP contribution in [0.5, 0.6) is 0 Å². The van der Waals surface area contributed by atoms with Crippen LogP contribution < -0.4 is 0 Å². The van der Waals surface area contributed by atoms with Gasteiger partial charge in [-0.25, -0.2) is 4.79 Å². The number of carboxylic acids is 1. The van der Waals surface area contributed by atoms with Gasteiger partial charge in [0.05, 0.1) is 12.1 Å². The molecular formula is C20H27F3N2O4S. The summed E-state index contributed by atoms with van der Waals surface area (Å²) >= 11 is 1.89. The molecule has 3 saturated heterocycles. The van der Waals surface area contributed by atoms with Crippen molar-refractivity contribution >= 4 is 23.2 Å². The molecule has 10 heteroatoms. The van der Waals surface area contributed by atoms with Crippen LogP contribution in [-0.2, 0) is 20.9 Å². The Morgan fingerprint density at radius 2 is 2.03 bits per heavy atom. The lowest BCUT2D eigenvalue weighted by Gasteiger charge is -2.48. The molecule has 3 aliphatic rings. The zero-order chi connectivity index (χ0) is 21.9. The maximum absolute atomic E-state index is 12.3. The van der Waals surface area contributed by atoms with E-state index in [9.17, 15) is 18.0 Å². The van der Waals surface area contributed by atoms with Crippen molar-refractivity contribution in [1.29, 1.82) is 0 Å². The summed E-state index contributed by atoms with van der Waals surface area (Å²) in [7, 11) is 0.